The van der Waals surface area contributed by atoms with Crippen LogP contribution in [-0.2, 0) is 13.5 Å². The fraction of sp³-hybridized carbons (Fsp3) is 0.750. The van der Waals surface area contributed by atoms with Crippen LogP contribution in [0, 0.1) is 11.3 Å². The predicted molar refractivity (Wildman–Crippen MR) is 63.1 cm³/mol. The molecule has 0 amide bonds. The Morgan fingerprint density at radius 3 is 2.80 bits per heavy atom. The minimum absolute atomic E-state index is 0.327. The Labute approximate surface area is 96.7 Å². The largest absolute Gasteiger partial charge is 0.338 e. The number of nitrogens with zero attached hydrogens (tertiary/aromatic N) is 2. The molecule has 1 fully saturated rings. The van der Waals surface area contributed by atoms with E-state index in [1.165, 1.54) is 18.7 Å². The van der Waals surface area contributed by atoms with E-state index in [0.717, 1.165) is 24.6 Å². The molecule has 84 valence electrons. The topological polar surface area (TPSA) is 17.8 Å². The van der Waals surface area contributed by atoms with Crippen molar-refractivity contribution in [2.75, 3.05) is 5.88 Å². The summed E-state index contributed by atoms with van der Waals surface area (Å²) in [7, 11) is 2.05. The van der Waals surface area contributed by atoms with Gasteiger partial charge in [0.2, 0.25) is 0 Å². The molecule has 0 saturated heterocycles. The number of hydrogen-bond acceptors (Lipinski definition) is 1. The standard InChI is InChI=1S/C12H19ClN2/c1-12(9-13,10-3-4-10)6-5-11-14-7-8-15(11)2/h7-8,10H,3-6,9H2,1-2H3. The molecule has 1 aromatic rings. The van der Waals surface area contributed by atoms with Crippen molar-refractivity contribution in [2.45, 2.75) is 32.6 Å². The van der Waals surface area contributed by atoms with Gasteiger partial charge in [-0.3, -0.25) is 0 Å². The second-order valence-corrected chi connectivity index (χ2v) is 5.28. The van der Waals surface area contributed by atoms with Crippen molar-refractivity contribution in [1.82, 2.24) is 9.55 Å². The summed E-state index contributed by atoms with van der Waals surface area (Å²) in [5.74, 6) is 2.81. The average Bonchev–Trinajstić information content (AvgIpc) is 3.01. The molecular weight excluding hydrogens is 208 g/mol. The van der Waals surface area contributed by atoms with Crippen LogP contribution in [0.3, 0.4) is 0 Å². The maximum atomic E-state index is 6.10. The maximum absolute atomic E-state index is 6.10. The average molecular weight is 227 g/mol. The molecule has 1 heterocycles. The highest BCUT2D eigenvalue weighted by Crippen LogP contribution is 2.48. The lowest BCUT2D eigenvalue weighted by Gasteiger charge is -2.26. The lowest BCUT2D eigenvalue weighted by Crippen LogP contribution is -2.22. The summed E-state index contributed by atoms with van der Waals surface area (Å²) < 4.78 is 2.10. The molecule has 3 heteroatoms. The van der Waals surface area contributed by atoms with Crippen LogP contribution in [-0.4, -0.2) is 15.4 Å². The number of rotatable bonds is 5. The molecule has 1 aliphatic carbocycles. The number of hydrogen-bond donors (Lipinski definition) is 0. The fourth-order valence-corrected chi connectivity index (χ4v) is 2.55. The Bertz CT molecular complexity index is 330. The molecule has 2 nitrogen and oxygen atoms in total. The van der Waals surface area contributed by atoms with E-state index in [9.17, 15) is 0 Å². The molecular formula is C12H19ClN2. The summed E-state index contributed by atoms with van der Waals surface area (Å²) in [6.45, 7) is 2.32. The van der Waals surface area contributed by atoms with Crippen LogP contribution in [0.5, 0.6) is 0 Å². The smallest absolute Gasteiger partial charge is 0.108 e. The van der Waals surface area contributed by atoms with Crippen LogP contribution in [0.25, 0.3) is 0 Å². The van der Waals surface area contributed by atoms with Crippen LogP contribution >= 0.6 is 11.6 Å². The van der Waals surface area contributed by atoms with Gasteiger partial charge in [-0.1, -0.05) is 6.92 Å². The number of aromatic nitrogens is 2. The van der Waals surface area contributed by atoms with Crippen LogP contribution in [0.2, 0.25) is 0 Å². The minimum Gasteiger partial charge on any atom is -0.338 e. The van der Waals surface area contributed by atoms with E-state index in [0.29, 0.717) is 5.41 Å². The maximum Gasteiger partial charge on any atom is 0.108 e. The molecule has 0 aliphatic heterocycles. The SMILES string of the molecule is Cn1ccnc1CCC(C)(CCl)C1CC1. The van der Waals surface area contributed by atoms with E-state index in [1.54, 1.807) is 0 Å². The first-order chi connectivity index (χ1) is 7.15. The van der Waals surface area contributed by atoms with Crippen molar-refractivity contribution < 1.29 is 0 Å². The van der Waals surface area contributed by atoms with Gasteiger partial charge in [0, 0.05) is 31.7 Å². The third-order valence-electron chi connectivity index (χ3n) is 3.71. The quantitative estimate of drug-likeness (QED) is 0.706. The highest BCUT2D eigenvalue weighted by atomic mass is 35.5. The Morgan fingerprint density at radius 2 is 2.33 bits per heavy atom. The normalized spacial score (nSPS) is 20.2. The van der Waals surface area contributed by atoms with Gasteiger partial charge < -0.3 is 4.57 Å². The lowest BCUT2D eigenvalue weighted by molar-refractivity contribution is 0.286. The van der Waals surface area contributed by atoms with Crippen LogP contribution < -0.4 is 0 Å². The third kappa shape index (κ3) is 2.36. The van der Waals surface area contributed by atoms with Crippen LogP contribution in [0.4, 0.5) is 0 Å². The van der Waals surface area contributed by atoms with Crippen molar-refractivity contribution in [3.05, 3.63) is 18.2 Å². The Hall–Kier alpha value is -0.500. The van der Waals surface area contributed by atoms with Crippen molar-refractivity contribution in [3.8, 4) is 0 Å². The van der Waals surface area contributed by atoms with Crippen molar-refractivity contribution >= 4 is 11.6 Å². The zero-order chi connectivity index (χ0) is 10.9. The zero-order valence-corrected chi connectivity index (χ0v) is 10.3. The van der Waals surface area contributed by atoms with Gasteiger partial charge in [-0.25, -0.2) is 4.98 Å². The number of aryl methyl sites for hydroxylation is 2. The van der Waals surface area contributed by atoms with Gasteiger partial charge in [0.15, 0.2) is 0 Å². The van der Waals surface area contributed by atoms with Crippen molar-refractivity contribution in [1.29, 1.82) is 0 Å². The van der Waals surface area contributed by atoms with Gasteiger partial charge in [0.25, 0.3) is 0 Å². The minimum atomic E-state index is 0.327. The fourth-order valence-electron chi connectivity index (χ4n) is 2.20. The van der Waals surface area contributed by atoms with Crippen LogP contribution in [0.15, 0.2) is 12.4 Å². The van der Waals surface area contributed by atoms with Gasteiger partial charge in [-0.15, -0.1) is 11.6 Å². The second-order valence-electron chi connectivity index (χ2n) is 5.02. The molecule has 0 aromatic carbocycles. The summed E-state index contributed by atoms with van der Waals surface area (Å²) in [6, 6.07) is 0. The molecule has 15 heavy (non-hydrogen) atoms. The summed E-state index contributed by atoms with van der Waals surface area (Å²) in [6.07, 6.45) is 8.80. The molecule has 0 spiro atoms. The van der Waals surface area contributed by atoms with E-state index in [2.05, 4.69) is 23.5 Å². The first-order valence-corrected chi connectivity index (χ1v) is 6.21. The second kappa shape index (κ2) is 4.17. The molecule has 1 aliphatic rings. The first kappa shape index (κ1) is 11.0. The number of halogens is 1. The number of imidazole rings is 1. The highest BCUT2D eigenvalue weighted by molar-refractivity contribution is 6.18. The summed E-state index contributed by atoms with van der Waals surface area (Å²) in [4.78, 5) is 4.35. The molecule has 1 atom stereocenters. The lowest BCUT2D eigenvalue weighted by atomic mass is 9.82. The van der Waals surface area contributed by atoms with Crippen LogP contribution in [0.1, 0.15) is 32.0 Å². The zero-order valence-electron chi connectivity index (χ0n) is 9.54. The van der Waals surface area contributed by atoms with E-state index >= 15 is 0 Å². The monoisotopic (exact) mass is 226 g/mol. The Morgan fingerprint density at radius 1 is 1.60 bits per heavy atom. The molecule has 1 aromatic heterocycles. The van der Waals surface area contributed by atoms with Crippen molar-refractivity contribution in [3.63, 3.8) is 0 Å². The van der Waals surface area contributed by atoms with E-state index < -0.39 is 0 Å². The summed E-state index contributed by atoms with van der Waals surface area (Å²) >= 11 is 6.10. The predicted octanol–water partition coefficient (Wildman–Crippen LogP) is 3.01. The number of alkyl halides is 1. The van der Waals surface area contributed by atoms with Gasteiger partial charge >= 0.3 is 0 Å². The highest BCUT2D eigenvalue weighted by Gasteiger charge is 2.40. The third-order valence-corrected chi connectivity index (χ3v) is 4.32. The van der Waals surface area contributed by atoms with E-state index in [-0.39, 0.29) is 0 Å². The summed E-state index contributed by atoms with van der Waals surface area (Å²) in [5, 5.41) is 0. The van der Waals surface area contributed by atoms with Gasteiger partial charge in [0.1, 0.15) is 5.82 Å². The summed E-state index contributed by atoms with van der Waals surface area (Å²) in [5.41, 5.74) is 0.327. The van der Waals surface area contributed by atoms with E-state index in [4.69, 9.17) is 11.6 Å². The van der Waals surface area contributed by atoms with Gasteiger partial charge in [-0.2, -0.15) is 0 Å². The molecule has 0 N–H and O–H groups in total. The van der Waals surface area contributed by atoms with Crippen molar-refractivity contribution in [2.24, 2.45) is 18.4 Å². The molecule has 2 rings (SSSR count). The molecule has 1 unspecified atom stereocenters. The molecule has 0 bridgehead atoms. The Balaban J connectivity index is 1.94. The van der Waals surface area contributed by atoms with Gasteiger partial charge in [0.05, 0.1) is 0 Å². The molecule has 1 saturated carbocycles. The van der Waals surface area contributed by atoms with E-state index in [1.807, 2.05) is 12.4 Å². The molecule has 0 radical (unpaired) electrons. The Kier molecular flexibility index (Phi) is 3.06. The first-order valence-electron chi connectivity index (χ1n) is 5.68. The van der Waals surface area contributed by atoms with Gasteiger partial charge in [-0.05, 0) is 30.6 Å².